The van der Waals surface area contributed by atoms with E-state index in [1.807, 2.05) is 28.0 Å². The van der Waals surface area contributed by atoms with E-state index in [9.17, 15) is 4.79 Å². The standard InChI is InChI=1S/C16H26N4O/c17-16(7-2-1-3-8-16)15(21)19-11-5-14(6-12-19)13-20-10-4-9-18-20/h4,9-10,14H,1-3,5-8,11-13,17H2. The summed E-state index contributed by atoms with van der Waals surface area (Å²) in [7, 11) is 0. The fourth-order valence-electron chi connectivity index (χ4n) is 3.70. The van der Waals surface area contributed by atoms with Crippen LogP contribution in [-0.2, 0) is 11.3 Å². The van der Waals surface area contributed by atoms with Crippen LogP contribution >= 0.6 is 0 Å². The molecule has 1 aliphatic carbocycles. The van der Waals surface area contributed by atoms with E-state index >= 15 is 0 Å². The molecule has 0 radical (unpaired) electrons. The number of hydrogen-bond acceptors (Lipinski definition) is 3. The minimum absolute atomic E-state index is 0.194. The van der Waals surface area contributed by atoms with E-state index in [0.717, 1.165) is 58.2 Å². The van der Waals surface area contributed by atoms with E-state index in [2.05, 4.69) is 5.10 Å². The van der Waals surface area contributed by atoms with E-state index in [1.165, 1.54) is 6.42 Å². The largest absolute Gasteiger partial charge is 0.341 e. The van der Waals surface area contributed by atoms with Crippen LogP contribution in [0.5, 0.6) is 0 Å². The first-order chi connectivity index (χ1) is 10.2. The third kappa shape index (κ3) is 3.28. The molecule has 3 rings (SSSR count). The van der Waals surface area contributed by atoms with Gasteiger partial charge < -0.3 is 10.6 Å². The fourth-order valence-corrected chi connectivity index (χ4v) is 3.70. The number of rotatable bonds is 3. The molecule has 2 heterocycles. The molecule has 1 saturated heterocycles. The monoisotopic (exact) mass is 290 g/mol. The zero-order valence-electron chi connectivity index (χ0n) is 12.7. The average molecular weight is 290 g/mol. The number of likely N-dealkylation sites (tertiary alicyclic amines) is 1. The number of nitrogens with two attached hydrogens (primary N) is 1. The molecule has 1 aromatic heterocycles. The maximum atomic E-state index is 12.7. The molecule has 0 unspecified atom stereocenters. The molecule has 0 bridgehead atoms. The Kier molecular flexibility index (Phi) is 4.29. The number of piperidine rings is 1. The van der Waals surface area contributed by atoms with Gasteiger partial charge in [0.25, 0.3) is 0 Å². The van der Waals surface area contributed by atoms with Gasteiger partial charge in [-0.2, -0.15) is 5.10 Å². The minimum Gasteiger partial charge on any atom is -0.341 e. The van der Waals surface area contributed by atoms with Crippen LogP contribution in [0.4, 0.5) is 0 Å². The zero-order valence-corrected chi connectivity index (χ0v) is 12.7. The summed E-state index contributed by atoms with van der Waals surface area (Å²) in [6.07, 6.45) is 11.1. The maximum Gasteiger partial charge on any atom is 0.242 e. The van der Waals surface area contributed by atoms with Crippen molar-refractivity contribution < 1.29 is 4.79 Å². The van der Waals surface area contributed by atoms with Crippen molar-refractivity contribution in [2.24, 2.45) is 11.7 Å². The molecule has 2 N–H and O–H groups in total. The van der Waals surface area contributed by atoms with Crippen LogP contribution in [0.3, 0.4) is 0 Å². The predicted molar refractivity (Wildman–Crippen MR) is 81.5 cm³/mol. The van der Waals surface area contributed by atoms with Crippen LogP contribution in [0.25, 0.3) is 0 Å². The Morgan fingerprint density at radius 1 is 1.24 bits per heavy atom. The van der Waals surface area contributed by atoms with Crippen molar-refractivity contribution in [3.05, 3.63) is 18.5 Å². The summed E-state index contributed by atoms with van der Waals surface area (Å²) in [5.41, 5.74) is 5.80. The predicted octanol–water partition coefficient (Wildman–Crippen LogP) is 1.78. The number of carbonyl (C=O) groups is 1. The molecule has 0 aromatic carbocycles. The highest BCUT2D eigenvalue weighted by molar-refractivity contribution is 5.86. The molecule has 1 saturated carbocycles. The van der Waals surface area contributed by atoms with Gasteiger partial charge in [-0.05, 0) is 37.7 Å². The summed E-state index contributed by atoms with van der Waals surface area (Å²) < 4.78 is 1.99. The van der Waals surface area contributed by atoms with Gasteiger partial charge in [0, 0.05) is 32.0 Å². The van der Waals surface area contributed by atoms with Crippen LogP contribution < -0.4 is 5.73 Å². The van der Waals surface area contributed by atoms with Crippen LogP contribution in [0.15, 0.2) is 18.5 Å². The third-order valence-electron chi connectivity index (χ3n) is 5.08. The van der Waals surface area contributed by atoms with Gasteiger partial charge in [0.05, 0.1) is 5.54 Å². The fraction of sp³-hybridized carbons (Fsp3) is 0.750. The lowest BCUT2D eigenvalue weighted by Crippen LogP contribution is -2.57. The summed E-state index contributed by atoms with van der Waals surface area (Å²) in [6.45, 7) is 2.66. The van der Waals surface area contributed by atoms with Crippen molar-refractivity contribution in [2.75, 3.05) is 13.1 Å². The Morgan fingerprint density at radius 3 is 2.57 bits per heavy atom. The van der Waals surface area contributed by atoms with Crippen LogP contribution in [0.2, 0.25) is 0 Å². The second-order valence-corrected chi connectivity index (χ2v) is 6.68. The highest BCUT2D eigenvalue weighted by atomic mass is 16.2. The van der Waals surface area contributed by atoms with Crippen LogP contribution in [0.1, 0.15) is 44.9 Å². The highest BCUT2D eigenvalue weighted by Gasteiger charge is 2.39. The van der Waals surface area contributed by atoms with Crippen molar-refractivity contribution in [2.45, 2.75) is 57.0 Å². The zero-order chi connectivity index (χ0) is 14.7. The SMILES string of the molecule is NC1(C(=O)N2CCC(Cn3cccn3)CC2)CCCCC1. The average Bonchev–Trinajstić information content (AvgIpc) is 3.01. The summed E-state index contributed by atoms with van der Waals surface area (Å²) >= 11 is 0. The normalized spacial score (nSPS) is 23.2. The maximum absolute atomic E-state index is 12.7. The Bertz CT molecular complexity index is 457. The third-order valence-corrected chi connectivity index (χ3v) is 5.08. The van der Waals surface area contributed by atoms with Gasteiger partial charge in [0.2, 0.25) is 5.91 Å². The van der Waals surface area contributed by atoms with Gasteiger partial charge in [-0.3, -0.25) is 9.48 Å². The van der Waals surface area contributed by atoms with E-state index in [1.54, 1.807) is 0 Å². The van der Waals surface area contributed by atoms with Crippen LogP contribution in [-0.4, -0.2) is 39.2 Å². The molecule has 5 heteroatoms. The first-order valence-corrected chi connectivity index (χ1v) is 8.23. The van der Waals surface area contributed by atoms with Crippen LogP contribution in [0, 0.1) is 5.92 Å². The molecule has 21 heavy (non-hydrogen) atoms. The van der Waals surface area contributed by atoms with E-state index in [-0.39, 0.29) is 5.91 Å². The first-order valence-electron chi connectivity index (χ1n) is 8.23. The quantitative estimate of drug-likeness (QED) is 0.923. The summed E-state index contributed by atoms with van der Waals surface area (Å²) in [6, 6.07) is 1.96. The number of amides is 1. The second-order valence-electron chi connectivity index (χ2n) is 6.68. The lowest BCUT2D eigenvalue weighted by molar-refractivity contribution is -0.139. The van der Waals surface area contributed by atoms with Gasteiger partial charge in [-0.15, -0.1) is 0 Å². The second kappa shape index (κ2) is 6.18. The van der Waals surface area contributed by atoms with Gasteiger partial charge in [0.15, 0.2) is 0 Å². The summed E-state index contributed by atoms with van der Waals surface area (Å²) in [4.78, 5) is 14.7. The number of hydrogen-bond donors (Lipinski definition) is 1. The molecule has 1 aliphatic heterocycles. The van der Waals surface area contributed by atoms with Crippen molar-refractivity contribution in [3.8, 4) is 0 Å². The molecule has 5 nitrogen and oxygen atoms in total. The number of nitrogens with zero attached hydrogens (tertiary/aromatic N) is 3. The lowest BCUT2D eigenvalue weighted by atomic mass is 9.81. The smallest absolute Gasteiger partial charge is 0.242 e. The van der Waals surface area contributed by atoms with E-state index in [0.29, 0.717) is 5.92 Å². The van der Waals surface area contributed by atoms with Crippen molar-refractivity contribution in [3.63, 3.8) is 0 Å². The highest BCUT2D eigenvalue weighted by Crippen LogP contribution is 2.29. The Labute approximate surface area is 126 Å². The molecule has 2 fully saturated rings. The van der Waals surface area contributed by atoms with Gasteiger partial charge in [-0.25, -0.2) is 0 Å². The van der Waals surface area contributed by atoms with E-state index in [4.69, 9.17) is 5.73 Å². The lowest BCUT2D eigenvalue weighted by Gasteiger charge is -2.40. The molecule has 0 spiro atoms. The Balaban J connectivity index is 1.52. The van der Waals surface area contributed by atoms with Crippen molar-refractivity contribution in [1.82, 2.24) is 14.7 Å². The number of carbonyl (C=O) groups excluding carboxylic acids is 1. The van der Waals surface area contributed by atoms with Crippen molar-refractivity contribution >= 4 is 5.91 Å². The number of aromatic nitrogens is 2. The minimum atomic E-state index is -0.576. The van der Waals surface area contributed by atoms with Gasteiger partial charge in [0.1, 0.15) is 0 Å². The molecule has 116 valence electrons. The van der Waals surface area contributed by atoms with E-state index < -0.39 is 5.54 Å². The Hall–Kier alpha value is -1.36. The molecular weight excluding hydrogens is 264 g/mol. The van der Waals surface area contributed by atoms with Gasteiger partial charge in [-0.1, -0.05) is 19.3 Å². The molecule has 1 amide bonds. The van der Waals surface area contributed by atoms with Crippen molar-refractivity contribution in [1.29, 1.82) is 0 Å². The van der Waals surface area contributed by atoms with Gasteiger partial charge >= 0.3 is 0 Å². The topological polar surface area (TPSA) is 64.2 Å². The molecular formula is C16H26N4O. The molecule has 0 atom stereocenters. The molecule has 1 aromatic rings. The molecule has 2 aliphatic rings. The first kappa shape index (κ1) is 14.6. The summed E-state index contributed by atoms with van der Waals surface area (Å²) in [5.74, 6) is 0.814. The Morgan fingerprint density at radius 2 is 1.95 bits per heavy atom. The summed E-state index contributed by atoms with van der Waals surface area (Å²) in [5, 5.41) is 4.27.